The molecule has 1 heterocycles. The fourth-order valence-corrected chi connectivity index (χ4v) is 3.00. The molecule has 126 valence electrons. The Morgan fingerprint density at radius 1 is 1.48 bits per heavy atom. The molecular formula is C16H21BrFN3O2. The highest BCUT2D eigenvalue weighted by molar-refractivity contribution is 9.10. The van der Waals surface area contributed by atoms with Crippen molar-refractivity contribution in [2.24, 2.45) is 10.9 Å². The van der Waals surface area contributed by atoms with Crippen molar-refractivity contribution in [2.45, 2.75) is 19.4 Å². The second-order valence-electron chi connectivity index (χ2n) is 5.42. The van der Waals surface area contributed by atoms with Crippen LogP contribution < -0.4 is 5.32 Å². The van der Waals surface area contributed by atoms with Gasteiger partial charge in [0.25, 0.3) is 0 Å². The quantitative estimate of drug-likeness (QED) is 0.493. The van der Waals surface area contributed by atoms with Crippen LogP contribution in [0.4, 0.5) is 4.39 Å². The molecule has 1 aliphatic rings. The molecule has 1 aromatic carbocycles. The average molecular weight is 386 g/mol. The smallest absolute Gasteiger partial charge is 0.308 e. The van der Waals surface area contributed by atoms with Crippen LogP contribution in [0.15, 0.2) is 27.7 Å². The molecule has 1 saturated heterocycles. The Kier molecular flexibility index (Phi) is 6.38. The summed E-state index contributed by atoms with van der Waals surface area (Å²) >= 11 is 3.25. The number of carbonyl (C=O) groups excluding carboxylic acids is 1. The van der Waals surface area contributed by atoms with Gasteiger partial charge in [-0.1, -0.05) is 22.0 Å². The van der Waals surface area contributed by atoms with Gasteiger partial charge in [0.1, 0.15) is 5.82 Å². The van der Waals surface area contributed by atoms with Crippen molar-refractivity contribution in [1.29, 1.82) is 0 Å². The van der Waals surface area contributed by atoms with Gasteiger partial charge in [-0.25, -0.2) is 4.39 Å². The SMILES string of the molecule is CN=C(NCc1ccc(Br)cc1F)N1CCC(C(=O)OC)CC1. The number of halogens is 2. The number of guanidine groups is 1. The van der Waals surface area contributed by atoms with Gasteiger partial charge in [0.15, 0.2) is 5.96 Å². The zero-order chi connectivity index (χ0) is 16.8. The third-order valence-corrected chi connectivity index (χ3v) is 4.49. The lowest BCUT2D eigenvalue weighted by Crippen LogP contribution is -2.46. The van der Waals surface area contributed by atoms with E-state index in [1.165, 1.54) is 13.2 Å². The van der Waals surface area contributed by atoms with Gasteiger partial charge in [-0.05, 0) is 25.0 Å². The molecule has 0 atom stereocenters. The van der Waals surface area contributed by atoms with E-state index in [4.69, 9.17) is 4.74 Å². The predicted octanol–water partition coefficient (Wildman–Crippen LogP) is 2.55. The average Bonchev–Trinajstić information content (AvgIpc) is 2.57. The monoisotopic (exact) mass is 385 g/mol. The molecule has 1 fully saturated rings. The van der Waals surface area contributed by atoms with Crippen LogP contribution in [-0.4, -0.2) is 44.1 Å². The molecule has 0 saturated carbocycles. The van der Waals surface area contributed by atoms with Gasteiger partial charge in [-0.2, -0.15) is 0 Å². The van der Waals surface area contributed by atoms with E-state index >= 15 is 0 Å². The maximum Gasteiger partial charge on any atom is 0.308 e. The van der Waals surface area contributed by atoms with Crippen LogP contribution in [0.3, 0.4) is 0 Å². The first kappa shape index (κ1) is 17.7. The minimum Gasteiger partial charge on any atom is -0.469 e. The Hall–Kier alpha value is -1.63. The molecule has 0 unspecified atom stereocenters. The van der Waals surface area contributed by atoms with Crippen LogP contribution in [0.2, 0.25) is 0 Å². The van der Waals surface area contributed by atoms with E-state index < -0.39 is 0 Å². The Balaban J connectivity index is 1.90. The van der Waals surface area contributed by atoms with E-state index in [2.05, 4.69) is 31.1 Å². The second kappa shape index (κ2) is 8.29. The van der Waals surface area contributed by atoms with E-state index in [-0.39, 0.29) is 17.7 Å². The van der Waals surface area contributed by atoms with Crippen molar-refractivity contribution in [1.82, 2.24) is 10.2 Å². The predicted molar refractivity (Wildman–Crippen MR) is 90.6 cm³/mol. The number of nitrogens with zero attached hydrogens (tertiary/aromatic N) is 2. The molecule has 5 nitrogen and oxygen atoms in total. The maximum atomic E-state index is 13.9. The zero-order valence-electron chi connectivity index (χ0n) is 13.3. The van der Waals surface area contributed by atoms with Gasteiger partial charge in [-0.15, -0.1) is 0 Å². The highest BCUT2D eigenvalue weighted by atomic mass is 79.9. The van der Waals surface area contributed by atoms with Gasteiger partial charge in [0, 0.05) is 36.7 Å². The zero-order valence-corrected chi connectivity index (χ0v) is 14.9. The highest BCUT2D eigenvalue weighted by Crippen LogP contribution is 2.19. The molecule has 0 bridgehead atoms. The first-order chi connectivity index (χ1) is 11.0. The number of carbonyl (C=O) groups is 1. The number of hydrogen-bond acceptors (Lipinski definition) is 3. The molecule has 1 aromatic rings. The Morgan fingerprint density at radius 3 is 2.74 bits per heavy atom. The van der Waals surface area contributed by atoms with Crippen molar-refractivity contribution in [2.75, 3.05) is 27.2 Å². The summed E-state index contributed by atoms with van der Waals surface area (Å²) in [5.74, 6) is 0.269. The molecule has 1 N–H and O–H groups in total. The fourth-order valence-electron chi connectivity index (χ4n) is 2.67. The Labute approximate surface area is 144 Å². The van der Waals surface area contributed by atoms with Crippen molar-refractivity contribution < 1.29 is 13.9 Å². The van der Waals surface area contributed by atoms with E-state index in [9.17, 15) is 9.18 Å². The molecule has 0 aromatic heterocycles. The van der Waals surface area contributed by atoms with Gasteiger partial charge in [0.05, 0.1) is 13.0 Å². The lowest BCUT2D eigenvalue weighted by molar-refractivity contribution is -0.146. The van der Waals surface area contributed by atoms with Crippen LogP contribution in [-0.2, 0) is 16.1 Å². The first-order valence-corrected chi connectivity index (χ1v) is 8.31. The summed E-state index contributed by atoms with van der Waals surface area (Å²) in [6.45, 7) is 1.81. The van der Waals surface area contributed by atoms with E-state index in [0.717, 1.165) is 31.9 Å². The van der Waals surface area contributed by atoms with Crippen LogP contribution >= 0.6 is 15.9 Å². The van der Waals surface area contributed by atoms with Gasteiger partial charge < -0.3 is 15.0 Å². The molecule has 1 aliphatic heterocycles. The number of methoxy groups -OCH3 is 1. The third-order valence-electron chi connectivity index (χ3n) is 3.99. The van der Waals surface area contributed by atoms with E-state index in [1.807, 2.05) is 6.07 Å². The largest absolute Gasteiger partial charge is 0.469 e. The maximum absolute atomic E-state index is 13.9. The number of rotatable bonds is 3. The molecule has 0 amide bonds. The summed E-state index contributed by atoms with van der Waals surface area (Å²) in [4.78, 5) is 17.9. The number of likely N-dealkylation sites (tertiary alicyclic amines) is 1. The minimum absolute atomic E-state index is 0.0433. The number of benzene rings is 1. The highest BCUT2D eigenvalue weighted by Gasteiger charge is 2.26. The standard InChI is InChI=1S/C16H21BrFN3O2/c1-19-16(20-10-12-3-4-13(17)9-14(12)18)21-7-5-11(6-8-21)15(22)23-2/h3-4,9,11H,5-8,10H2,1-2H3,(H,19,20). The normalized spacial score (nSPS) is 16.3. The third kappa shape index (κ3) is 4.67. The number of aliphatic imine (C=N–C) groups is 1. The summed E-state index contributed by atoms with van der Waals surface area (Å²) in [7, 11) is 3.12. The lowest BCUT2D eigenvalue weighted by atomic mass is 9.97. The summed E-state index contributed by atoms with van der Waals surface area (Å²) in [6, 6.07) is 5.00. The van der Waals surface area contributed by atoms with Crippen LogP contribution in [0.1, 0.15) is 18.4 Å². The van der Waals surface area contributed by atoms with Crippen LogP contribution in [0.25, 0.3) is 0 Å². The summed E-state index contributed by atoms with van der Waals surface area (Å²) in [6.07, 6.45) is 1.47. The molecule has 23 heavy (non-hydrogen) atoms. The number of ether oxygens (including phenoxy) is 1. The molecule has 2 rings (SSSR count). The van der Waals surface area contributed by atoms with Crippen molar-refractivity contribution in [3.8, 4) is 0 Å². The molecule has 0 aliphatic carbocycles. The molecule has 0 radical (unpaired) electrons. The Morgan fingerprint density at radius 2 is 2.17 bits per heavy atom. The molecule has 7 heteroatoms. The summed E-state index contributed by atoms with van der Waals surface area (Å²) < 4.78 is 19.4. The minimum atomic E-state index is -0.258. The van der Waals surface area contributed by atoms with E-state index in [1.54, 1.807) is 13.1 Å². The lowest BCUT2D eigenvalue weighted by Gasteiger charge is -2.33. The Bertz CT molecular complexity index is 587. The van der Waals surface area contributed by atoms with E-state index in [0.29, 0.717) is 16.6 Å². The van der Waals surface area contributed by atoms with Gasteiger partial charge in [0.2, 0.25) is 0 Å². The van der Waals surface area contributed by atoms with Crippen molar-refractivity contribution in [3.05, 3.63) is 34.1 Å². The van der Waals surface area contributed by atoms with Crippen molar-refractivity contribution in [3.63, 3.8) is 0 Å². The van der Waals surface area contributed by atoms with Crippen molar-refractivity contribution >= 4 is 27.9 Å². The topological polar surface area (TPSA) is 53.9 Å². The molecular weight excluding hydrogens is 365 g/mol. The first-order valence-electron chi connectivity index (χ1n) is 7.52. The summed E-state index contributed by atoms with van der Waals surface area (Å²) in [5, 5.41) is 3.18. The van der Waals surface area contributed by atoms with Crippen LogP contribution in [0.5, 0.6) is 0 Å². The number of piperidine rings is 1. The number of esters is 1. The number of nitrogens with one attached hydrogen (secondary N) is 1. The fraction of sp³-hybridized carbons (Fsp3) is 0.500. The van der Waals surface area contributed by atoms with Gasteiger partial charge in [-0.3, -0.25) is 9.79 Å². The number of hydrogen-bond donors (Lipinski definition) is 1. The second-order valence-corrected chi connectivity index (χ2v) is 6.34. The summed E-state index contributed by atoms with van der Waals surface area (Å²) in [5.41, 5.74) is 0.582. The van der Waals surface area contributed by atoms with Gasteiger partial charge >= 0.3 is 5.97 Å². The molecule has 0 spiro atoms. The van der Waals surface area contributed by atoms with Crippen LogP contribution in [0, 0.1) is 11.7 Å².